The summed E-state index contributed by atoms with van der Waals surface area (Å²) in [5.74, 6) is 0.752. The molecule has 0 N–H and O–H groups in total. The Balaban J connectivity index is 1.09. The minimum Gasteiger partial charge on any atom is -0.308 e. The molecule has 0 aliphatic heterocycles. The fraction of sp³-hybridized carbons (Fsp3) is 0.0286. The van der Waals surface area contributed by atoms with E-state index in [2.05, 4.69) is 272 Å². The fourth-order valence-electron chi connectivity index (χ4n) is 11.1. The molecule has 13 aromatic rings. The van der Waals surface area contributed by atoms with E-state index in [0.717, 1.165) is 72.5 Å². The number of fused-ring (bicyclic) bond motifs is 6. The Kier molecular flexibility index (Phi) is 10.9. The molecule has 0 bridgehead atoms. The summed E-state index contributed by atoms with van der Waals surface area (Å²) in [5.41, 5.74) is 20.5. The fourth-order valence-corrected chi connectivity index (χ4v) is 12.3. The van der Waals surface area contributed by atoms with Gasteiger partial charge in [-0.2, -0.15) is 0 Å². The van der Waals surface area contributed by atoms with Gasteiger partial charge in [-0.3, -0.25) is 0 Å². The predicted octanol–water partition coefficient (Wildman–Crippen LogP) is 19.1. The number of rotatable bonds is 9. The van der Waals surface area contributed by atoms with Crippen molar-refractivity contribution < 1.29 is 0 Å². The average molecular weight is 962 g/mol. The highest BCUT2D eigenvalue weighted by molar-refractivity contribution is 7.26. The molecule has 0 radical (unpaired) electrons. The van der Waals surface area contributed by atoms with E-state index in [9.17, 15) is 0 Å². The number of allylic oxidation sites excluding steroid dienone is 4. The van der Waals surface area contributed by atoms with Crippen molar-refractivity contribution >= 4 is 59.0 Å². The number of nitrogens with zero attached hydrogens (tertiary/aromatic N) is 3. The number of thiophene rings is 1. The molecule has 348 valence electrons. The van der Waals surface area contributed by atoms with Gasteiger partial charge in [0.25, 0.3) is 0 Å². The molecule has 0 saturated heterocycles. The zero-order chi connectivity index (χ0) is 49.0. The third-order valence-corrected chi connectivity index (χ3v) is 15.9. The van der Waals surface area contributed by atoms with Crippen LogP contribution in [0.25, 0.3) is 121 Å². The molecule has 3 heterocycles. The summed E-state index contributed by atoms with van der Waals surface area (Å²) in [4.78, 5) is 10.9. The number of aromatic nitrogens is 3. The maximum Gasteiger partial charge on any atom is 0.160 e. The van der Waals surface area contributed by atoms with E-state index < -0.39 is 0 Å². The van der Waals surface area contributed by atoms with Crippen LogP contribution < -0.4 is 0 Å². The maximum atomic E-state index is 5.60. The van der Waals surface area contributed by atoms with E-state index in [1.54, 1.807) is 11.3 Å². The van der Waals surface area contributed by atoms with E-state index in [-0.39, 0.29) is 5.92 Å². The number of benzene rings is 10. The minimum absolute atomic E-state index is 0.0350. The lowest BCUT2D eigenvalue weighted by Gasteiger charge is -2.26. The Morgan fingerprint density at radius 1 is 0.405 bits per heavy atom. The highest BCUT2D eigenvalue weighted by Gasteiger charge is 2.27. The normalized spacial score (nSPS) is 13.5. The van der Waals surface area contributed by atoms with Crippen molar-refractivity contribution in [3.63, 3.8) is 0 Å². The van der Waals surface area contributed by atoms with Crippen molar-refractivity contribution in [2.24, 2.45) is 0 Å². The number of hydrogen-bond donors (Lipinski definition) is 0. The van der Waals surface area contributed by atoms with Crippen LogP contribution in [0.5, 0.6) is 0 Å². The Morgan fingerprint density at radius 2 is 0.905 bits per heavy atom. The Labute approximate surface area is 434 Å². The summed E-state index contributed by atoms with van der Waals surface area (Å²) in [7, 11) is 0. The third kappa shape index (κ3) is 7.75. The van der Waals surface area contributed by atoms with Gasteiger partial charge in [-0.25, -0.2) is 9.97 Å². The molecule has 74 heavy (non-hydrogen) atoms. The van der Waals surface area contributed by atoms with E-state index >= 15 is 0 Å². The second kappa shape index (κ2) is 18.4. The molecular weight excluding hydrogens is 915 g/mol. The number of hydrogen-bond acceptors (Lipinski definition) is 3. The van der Waals surface area contributed by atoms with Crippen LogP contribution in [0.3, 0.4) is 0 Å². The monoisotopic (exact) mass is 961 g/mol. The first-order chi connectivity index (χ1) is 36.7. The summed E-state index contributed by atoms with van der Waals surface area (Å²) < 4.78 is 4.85. The van der Waals surface area contributed by atoms with Crippen LogP contribution in [0.2, 0.25) is 0 Å². The zero-order valence-corrected chi connectivity index (χ0v) is 41.3. The average Bonchev–Trinajstić information content (AvgIpc) is 4.06. The molecule has 1 aliphatic rings. The molecular formula is C70H47N3S. The molecule has 0 saturated carbocycles. The Morgan fingerprint density at radius 3 is 1.49 bits per heavy atom. The molecule has 1 unspecified atom stereocenters. The van der Waals surface area contributed by atoms with Gasteiger partial charge >= 0.3 is 0 Å². The highest BCUT2D eigenvalue weighted by atomic mass is 32.1. The molecule has 3 nitrogen and oxygen atoms in total. The third-order valence-electron chi connectivity index (χ3n) is 14.8. The van der Waals surface area contributed by atoms with Crippen LogP contribution in [0.1, 0.15) is 23.5 Å². The van der Waals surface area contributed by atoms with Gasteiger partial charge in [-0.1, -0.05) is 224 Å². The molecule has 10 aromatic carbocycles. The Hall–Kier alpha value is -9.22. The topological polar surface area (TPSA) is 30.7 Å². The van der Waals surface area contributed by atoms with Crippen LogP contribution in [0.15, 0.2) is 267 Å². The van der Waals surface area contributed by atoms with Gasteiger partial charge in [-0.15, -0.1) is 11.3 Å². The van der Waals surface area contributed by atoms with Gasteiger partial charge in [0, 0.05) is 43.5 Å². The van der Waals surface area contributed by atoms with Crippen molar-refractivity contribution in [3.8, 4) is 72.8 Å². The van der Waals surface area contributed by atoms with Gasteiger partial charge < -0.3 is 4.57 Å². The van der Waals surface area contributed by atoms with Crippen LogP contribution in [-0.2, 0) is 0 Å². The Bertz CT molecular complexity index is 4190. The van der Waals surface area contributed by atoms with Gasteiger partial charge in [0.2, 0.25) is 0 Å². The maximum absolute atomic E-state index is 5.60. The first-order valence-corrected chi connectivity index (χ1v) is 26.2. The lowest BCUT2D eigenvalue weighted by Crippen LogP contribution is -2.09. The molecule has 4 heteroatoms. The standard InChI is InChI=1S/C70H47N3S/c1-6-18-46(19-7-1)50-30-34-52(35-31-50)59-44-57(66-69-67(58-28-16-17-29-65(58)74-69)72-70(71-66)54-26-14-5-15-27-54)45-60(53-36-32-51(33-37-53)47-20-8-2-9-21-47)68(59)73-63-40-38-55(48-22-10-3-11-23-48)42-61(63)62-43-56(39-41-64(62)73)49-24-12-4-13-25-49/h1-36,38-45,53H,37H2. The smallest absolute Gasteiger partial charge is 0.160 e. The largest absolute Gasteiger partial charge is 0.308 e. The van der Waals surface area contributed by atoms with Crippen LogP contribution in [-0.4, -0.2) is 14.5 Å². The minimum atomic E-state index is 0.0350. The molecule has 0 spiro atoms. The van der Waals surface area contributed by atoms with E-state index in [1.165, 1.54) is 65.6 Å². The van der Waals surface area contributed by atoms with Crippen molar-refractivity contribution in [1.82, 2.24) is 14.5 Å². The molecule has 3 aromatic heterocycles. The first-order valence-electron chi connectivity index (χ1n) is 25.4. The lowest BCUT2D eigenvalue weighted by atomic mass is 9.83. The quantitative estimate of drug-likeness (QED) is 0.144. The van der Waals surface area contributed by atoms with Crippen molar-refractivity contribution in [2.45, 2.75) is 12.3 Å². The van der Waals surface area contributed by atoms with E-state index in [1.807, 2.05) is 0 Å². The highest BCUT2D eigenvalue weighted by Crippen LogP contribution is 2.48. The van der Waals surface area contributed by atoms with E-state index in [0.29, 0.717) is 0 Å². The van der Waals surface area contributed by atoms with Crippen molar-refractivity contribution in [3.05, 3.63) is 278 Å². The lowest BCUT2D eigenvalue weighted by molar-refractivity contribution is 0.847. The molecule has 0 fully saturated rings. The van der Waals surface area contributed by atoms with Crippen LogP contribution in [0.4, 0.5) is 0 Å². The summed E-state index contributed by atoms with van der Waals surface area (Å²) in [5, 5.41) is 3.56. The molecule has 1 atom stereocenters. The predicted molar refractivity (Wildman–Crippen MR) is 313 cm³/mol. The van der Waals surface area contributed by atoms with Gasteiger partial charge in [0.15, 0.2) is 5.82 Å². The summed E-state index contributed by atoms with van der Waals surface area (Å²) in [6.45, 7) is 0. The van der Waals surface area contributed by atoms with Gasteiger partial charge in [-0.05, 0) is 105 Å². The zero-order valence-electron chi connectivity index (χ0n) is 40.4. The van der Waals surface area contributed by atoms with Gasteiger partial charge in [0.1, 0.15) is 0 Å². The van der Waals surface area contributed by atoms with Crippen molar-refractivity contribution in [1.29, 1.82) is 0 Å². The second-order valence-electron chi connectivity index (χ2n) is 19.2. The van der Waals surface area contributed by atoms with Crippen molar-refractivity contribution in [2.75, 3.05) is 0 Å². The van der Waals surface area contributed by atoms with E-state index in [4.69, 9.17) is 9.97 Å². The van der Waals surface area contributed by atoms with Gasteiger partial charge in [0.05, 0.1) is 32.6 Å². The summed E-state index contributed by atoms with van der Waals surface area (Å²) in [6, 6.07) is 90.2. The molecule has 0 amide bonds. The second-order valence-corrected chi connectivity index (χ2v) is 20.3. The van der Waals surface area contributed by atoms with Crippen LogP contribution >= 0.6 is 11.3 Å². The first kappa shape index (κ1) is 43.6. The van der Waals surface area contributed by atoms with Crippen LogP contribution in [0, 0.1) is 0 Å². The SMILES string of the molecule is C1=CC(c2cc(-c3nc(-c4ccccc4)nc4c3sc3ccccc34)cc(-c3ccc(-c4ccccc4)cc3)c2-n2c3ccc(-c4ccccc4)cc3c3cc(-c4ccccc4)ccc32)CC=C1c1ccccc1. The molecule has 14 rings (SSSR count). The molecule has 1 aliphatic carbocycles. The summed E-state index contributed by atoms with van der Waals surface area (Å²) in [6.07, 6.45) is 8.03. The summed E-state index contributed by atoms with van der Waals surface area (Å²) >= 11 is 1.78.